The van der Waals surface area contributed by atoms with E-state index in [1.807, 2.05) is 13.0 Å². The van der Waals surface area contributed by atoms with E-state index in [4.69, 9.17) is 9.15 Å². The molecule has 0 aliphatic carbocycles. The molecule has 0 bridgehead atoms. The number of rotatable bonds is 9. The molecular formula is C20H19N7O5. The van der Waals surface area contributed by atoms with Gasteiger partial charge in [0.25, 0.3) is 5.91 Å². The van der Waals surface area contributed by atoms with E-state index >= 15 is 0 Å². The first-order chi connectivity index (χ1) is 15.5. The normalized spacial score (nSPS) is 10.9. The zero-order valence-electron chi connectivity index (χ0n) is 17.0. The Bertz CT molecular complexity index is 1230. The molecular weight excluding hydrogens is 418 g/mol. The molecule has 0 unspecified atom stereocenters. The number of nitro groups is 1. The third-order valence-electron chi connectivity index (χ3n) is 4.33. The number of carbonyl (C=O) groups is 1. The Labute approximate surface area is 181 Å². The SMILES string of the molecule is CCCOCn1cc(NC(=O)c2ccc(-c3cc([N+](=O)[O-])[nH]n3)o2)c(-c2ccccn2)n1. The number of ether oxygens (including phenoxy) is 1. The summed E-state index contributed by atoms with van der Waals surface area (Å²) in [6.07, 6.45) is 4.16. The van der Waals surface area contributed by atoms with Crippen molar-refractivity contribution in [3.05, 3.63) is 64.7 Å². The van der Waals surface area contributed by atoms with Crippen LogP contribution in [0.5, 0.6) is 0 Å². The molecule has 4 aromatic heterocycles. The minimum Gasteiger partial charge on any atom is -0.449 e. The molecule has 164 valence electrons. The van der Waals surface area contributed by atoms with Gasteiger partial charge in [0.15, 0.2) is 17.2 Å². The number of hydrogen-bond acceptors (Lipinski definition) is 8. The van der Waals surface area contributed by atoms with Gasteiger partial charge in [-0.2, -0.15) is 5.10 Å². The third-order valence-corrected chi connectivity index (χ3v) is 4.33. The summed E-state index contributed by atoms with van der Waals surface area (Å²) in [4.78, 5) is 27.3. The van der Waals surface area contributed by atoms with E-state index in [2.05, 4.69) is 25.6 Å². The summed E-state index contributed by atoms with van der Waals surface area (Å²) in [7, 11) is 0. The Kier molecular flexibility index (Phi) is 6.03. The number of nitrogens with zero attached hydrogens (tertiary/aromatic N) is 5. The van der Waals surface area contributed by atoms with Crippen LogP contribution in [-0.4, -0.2) is 42.4 Å². The van der Waals surface area contributed by atoms with Crippen molar-refractivity contribution in [1.29, 1.82) is 0 Å². The molecule has 0 aliphatic rings. The largest absolute Gasteiger partial charge is 0.449 e. The van der Waals surface area contributed by atoms with Crippen molar-refractivity contribution in [2.24, 2.45) is 0 Å². The summed E-state index contributed by atoms with van der Waals surface area (Å²) < 4.78 is 12.6. The van der Waals surface area contributed by atoms with Crippen LogP contribution in [0.4, 0.5) is 11.5 Å². The maximum atomic E-state index is 12.8. The van der Waals surface area contributed by atoms with Gasteiger partial charge in [0, 0.05) is 12.8 Å². The Hall–Kier alpha value is -4.32. The number of hydrogen-bond donors (Lipinski definition) is 2. The average Bonchev–Trinajstić information content (AvgIpc) is 3.54. The standard InChI is InChI=1S/C20H19N7O5/c1-2-9-31-12-26-11-15(19(25-26)13-5-3-4-8-21-13)22-20(28)17-7-6-16(32-17)14-10-18(24-23-14)27(29)30/h3-8,10-11H,2,9,12H2,1H3,(H,22,28)(H,23,24). The van der Waals surface area contributed by atoms with Crippen molar-refractivity contribution in [3.8, 4) is 22.8 Å². The molecule has 0 spiro atoms. The fourth-order valence-corrected chi connectivity index (χ4v) is 2.89. The topological polar surface area (TPSA) is 154 Å². The molecule has 4 aromatic rings. The van der Waals surface area contributed by atoms with Gasteiger partial charge in [0.1, 0.15) is 12.4 Å². The lowest BCUT2D eigenvalue weighted by molar-refractivity contribution is -0.389. The van der Waals surface area contributed by atoms with Gasteiger partial charge in [0.2, 0.25) is 0 Å². The summed E-state index contributed by atoms with van der Waals surface area (Å²) in [6.45, 7) is 2.82. The highest BCUT2D eigenvalue weighted by molar-refractivity contribution is 6.04. The highest BCUT2D eigenvalue weighted by Crippen LogP contribution is 2.27. The van der Waals surface area contributed by atoms with Crippen molar-refractivity contribution >= 4 is 17.4 Å². The van der Waals surface area contributed by atoms with E-state index in [9.17, 15) is 14.9 Å². The number of nitrogens with one attached hydrogen (secondary N) is 2. The maximum absolute atomic E-state index is 12.8. The zero-order chi connectivity index (χ0) is 22.5. The van der Waals surface area contributed by atoms with Gasteiger partial charge in [-0.05, 0) is 35.6 Å². The molecule has 0 saturated heterocycles. The summed E-state index contributed by atoms with van der Waals surface area (Å²) >= 11 is 0. The quantitative estimate of drug-likeness (QED) is 0.229. The van der Waals surface area contributed by atoms with Crippen molar-refractivity contribution in [1.82, 2.24) is 25.0 Å². The Morgan fingerprint density at radius 2 is 2.19 bits per heavy atom. The molecule has 32 heavy (non-hydrogen) atoms. The first kappa shape index (κ1) is 20.9. The monoisotopic (exact) mass is 437 g/mol. The summed E-state index contributed by atoms with van der Waals surface area (Å²) in [6, 6.07) is 9.58. The average molecular weight is 437 g/mol. The van der Waals surface area contributed by atoms with Crippen LogP contribution in [0.2, 0.25) is 0 Å². The molecule has 0 radical (unpaired) electrons. The lowest BCUT2D eigenvalue weighted by Crippen LogP contribution is -2.11. The van der Waals surface area contributed by atoms with Crippen LogP contribution in [0, 0.1) is 10.1 Å². The summed E-state index contributed by atoms with van der Waals surface area (Å²) in [5.74, 6) is -0.576. The van der Waals surface area contributed by atoms with Crippen LogP contribution in [-0.2, 0) is 11.5 Å². The molecule has 4 heterocycles. The van der Waals surface area contributed by atoms with Crippen molar-refractivity contribution in [3.63, 3.8) is 0 Å². The minimum absolute atomic E-state index is 0.00704. The maximum Gasteiger partial charge on any atom is 0.343 e. The summed E-state index contributed by atoms with van der Waals surface area (Å²) in [5, 5.41) is 24.2. The van der Waals surface area contributed by atoms with E-state index in [1.54, 1.807) is 29.2 Å². The molecule has 2 N–H and O–H groups in total. The molecule has 0 atom stereocenters. The van der Waals surface area contributed by atoms with Crippen LogP contribution in [0.15, 0.2) is 53.2 Å². The highest BCUT2D eigenvalue weighted by atomic mass is 16.6. The van der Waals surface area contributed by atoms with Crippen LogP contribution in [0.1, 0.15) is 23.9 Å². The lowest BCUT2D eigenvalue weighted by atomic mass is 10.2. The van der Waals surface area contributed by atoms with Gasteiger partial charge in [-0.15, -0.1) is 5.10 Å². The number of aromatic amines is 1. The smallest absolute Gasteiger partial charge is 0.343 e. The van der Waals surface area contributed by atoms with Crippen molar-refractivity contribution < 1.29 is 18.9 Å². The van der Waals surface area contributed by atoms with Crippen LogP contribution >= 0.6 is 0 Å². The van der Waals surface area contributed by atoms with E-state index in [-0.39, 0.29) is 29.8 Å². The number of anilines is 1. The second kappa shape index (κ2) is 9.22. The molecule has 0 saturated carbocycles. The van der Waals surface area contributed by atoms with Crippen LogP contribution < -0.4 is 5.32 Å². The van der Waals surface area contributed by atoms with Crippen LogP contribution in [0.25, 0.3) is 22.8 Å². The second-order valence-corrected chi connectivity index (χ2v) is 6.70. The van der Waals surface area contributed by atoms with Crippen molar-refractivity contribution in [2.75, 3.05) is 11.9 Å². The molecule has 4 rings (SSSR count). The zero-order valence-corrected chi connectivity index (χ0v) is 17.0. The highest BCUT2D eigenvalue weighted by Gasteiger charge is 2.20. The fourth-order valence-electron chi connectivity index (χ4n) is 2.89. The van der Waals surface area contributed by atoms with Gasteiger partial charge < -0.3 is 24.6 Å². The lowest BCUT2D eigenvalue weighted by Gasteiger charge is -2.03. The molecule has 0 aromatic carbocycles. The number of pyridine rings is 1. The predicted octanol–water partition coefficient (Wildman–Crippen LogP) is 3.47. The minimum atomic E-state index is -0.603. The van der Waals surface area contributed by atoms with E-state index in [0.29, 0.717) is 23.7 Å². The number of amides is 1. The number of H-pyrrole nitrogens is 1. The molecule has 12 nitrogen and oxygen atoms in total. The second-order valence-electron chi connectivity index (χ2n) is 6.70. The number of furan rings is 1. The summed E-state index contributed by atoms with van der Waals surface area (Å²) in [5.41, 5.74) is 1.71. The fraction of sp³-hybridized carbons (Fsp3) is 0.200. The van der Waals surface area contributed by atoms with E-state index in [1.165, 1.54) is 18.2 Å². The van der Waals surface area contributed by atoms with Gasteiger partial charge in [0.05, 0.1) is 23.6 Å². The predicted molar refractivity (Wildman–Crippen MR) is 113 cm³/mol. The number of aromatic nitrogens is 5. The Balaban J connectivity index is 1.55. The van der Waals surface area contributed by atoms with Gasteiger partial charge in [-0.25, -0.2) is 4.68 Å². The van der Waals surface area contributed by atoms with E-state index in [0.717, 1.165) is 6.42 Å². The first-order valence-electron chi connectivity index (χ1n) is 9.73. The van der Waals surface area contributed by atoms with Crippen LogP contribution in [0.3, 0.4) is 0 Å². The molecule has 0 aliphatic heterocycles. The van der Waals surface area contributed by atoms with E-state index < -0.39 is 10.8 Å². The Morgan fingerprint density at radius 3 is 2.91 bits per heavy atom. The number of carbonyl (C=O) groups excluding carboxylic acids is 1. The van der Waals surface area contributed by atoms with Crippen molar-refractivity contribution in [2.45, 2.75) is 20.1 Å². The van der Waals surface area contributed by atoms with Gasteiger partial charge in [-0.1, -0.05) is 18.1 Å². The Morgan fingerprint density at radius 1 is 1.31 bits per heavy atom. The first-order valence-corrected chi connectivity index (χ1v) is 9.73. The molecule has 0 fully saturated rings. The molecule has 1 amide bonds. The molecule has 12 heteroatoms. The third kappa shape index (κ3) is 4.54. The van der Waals surface area contributed by atoms with Gasteiger partial charge >= 0.3 is 5.82 Å². The van der Waals surface area contributed by atoms with Gasteiger partial charge in [-0.3, -0.25) is 9.78 Å².